The van der Waals surface area contributed by atoms with Crippen molar-refractivity contribution < 1.29 is 9.53 Å². The Balaban J connectivity index is 2.81. The predicted octanol–water partition coefficient (Wildman–Crippen LogP) is 2.40. The van der Waals surface area contributed by atoms with Gasteiger partial charge in [-0.2, -0.15) is 0 Å². The van der Waals surface area contributed by atoms with Gasteiger partial charge in [0.05, 0.1) is 12.2 Å². The summed E-state index contributed by atoms with van der Waals surface area (Å²) in [5.74, 6) is 0.705. The molecule has 16 heavy (non-hydrogen) atoms. The zero-order valence-electron chi connectivity index (χ0n) is 9.90. The summed E-state index contributed by atoms with van der Waals surface area (Å²) in [5.41, 5.74) is 6.25. The minimum absolute atomic E-state index is 0.0432. The van der Waals surface area contributed by atoms with Crippen molar-refractivity contribution in [1.29, 1.82) is 0 Å². The lowest BCUT2D eigenvalue weighted by Gasteiger charge is -2.10. The molecule has 0 aliphatic heterocycles. The maximum absolute atomic E-state index is 11.9. The highest BCUT2D eigenvalue weighted by molar-refractivity contribution is 5.98. The second kappa shape index (κ2) is 6.28. The van der Waals surface area contributed by atoms with E-state index in [1.807, 2.05) is 32.0 Å². The molecule has 0 saturated carbocycles. The van der Waals surface area contributed by atoms with Crippen LogP contribution in [0.3, 0.4) is 0 Å². The van der Waals surface area contributed by atoms with Crippen molar-refractivity contribution in [3.05, 3.63) is 29.8 Å². The normalized spacial score (nSPS) is 12.2. The Hall–Kier alpha value is -1.35. The summed E-state index contributed by atoms with van der Waals surface area (Å²) in [6.45, 7) is 4.49. The van der Waals surface area contributed by atoms with E-state index < -0.39 is 0 Å². The molecule has 0 heterocycles. The Morgan fingerprint density at radius 3 is 2.75 bits per heavy atom. The lowest BCUT2D eigenvalue weighted by atomic mass is 10.0. The van der Waals surface area contributed by atoms with Crippen LogP contribution < -0.4 is 10.5 Å². The summed E-state index contributed by atoms with van der Waals surface area (Å²) in [6, 6.07) is 7.20. The van der Waals surface area contributed by atoms with Crippen LogP contribution in [-0.4, -0.2) is 18.4 Å². The fourth-order valence-electron chi connectivity index (χ4n) is 1.44. The van der Waals surface area contributed by atoms with E-state index in [1.54, 1.807) is 6.07 Å². The number of hydrogen-bond acceptors (Lipinski definition) is 3. The van der Waals surface area contributed by atoms with E-state index in [0.717, 1.165) is 6.42 Å². The first-order valence-corrected chi connectivity index (χ1v) is 5.65. The van der Waals surface area contributed by atoms with Gasteiger partial charge in [-0.3, -0.25) is 4.79 Å². The monoisotopic (exact) mass is 221 g/mol. The van der Waals surface area contributed by atoms with E-state index in [0.29, 0.717) is 24.3 Å². The van der Waals surface area contributed by atoms with Crippen molar-refractivity contribution >= 4 is 5.78 Å². The zero-order valence-corrected chi connectivity index (χ0v) is 9.90. The first-order valence-electron chi connectivity index (χ1n) is 5.65. The lowest BCUT2D eigenvalue weighted by Crippen LogP contribution is -2.20. The summed E-state index contributed by atoms with van der Waals surface area (Å²) < 4.78 is 5.53. The Labute approximate surface area is 96.6 Å². The van der Waals surface area contributed by atoms with Crippen molar-refractivity contribution in [2.45, 2.75) is 32.7 Å². The first-order chi connectivity index (χ1) is 7.65. The van der Waals surface area contributed by atoms with Gasteiger partial charge in [0.2, 0.25) is 0 Å². The van der Waals surface area contributed by atoms with Crippen LogP contribution in [0.25, 0.3) is 0 Å². The van der Waals surface area contributed by atoms with Crippen molar-refractivity contribution in [2.24, 2.45) is 5.73 Å². The topological polar surface area (TPSA) is 52.3 Å². The molecular weight excluding hydrogens is 202 g/mol. The van der Waals surface area contributed by atoms with Crippen LogP contribution >= 0.6 is 0 Å². The smallest absolute Gasteiger partial charge is 0.168 e. The maximum Gasteiger partial charge on any atom is 0.168 e. The van der Waals surface area contributed by atoms with E-state index in [4.69, 9.17) is 10.5 Å². The maximum atomic E-state index is 11.9. The van der Waals surface area contributed by atoms with Crippen LogP contribution in [0.5, 0.6) is 5.75 Å². The number of nitrogens with two attached hydrogens (primary N) is 1. The van der Waals surface area contributed by atoms with Crippen LogP contribution in [0, 0.1) is 0 Å². The number of Topliss-reactive ketones (excluding diaryl/α,β-unsaturated/α-hetero) is 1. The largest absolute Gasteiger partial charge is 0.493 e. The molecule has 1 aromatic rings. The van der Waals surface area contributed by atoms with Gasteiger partial charge in [0.15, 0.2) is 5.78 Å². The molecule has 0 bridgehead atoms. The molecule has 0 fully saturated rings. The third-order valence-corrected chi connectivity index (χ3v) is 2.16. The van der Waals surface area contributed by atoms with E-state index in [-0.39, 0.29) is 11.8 Å². The highest BCUT2D eigenvalue weighted by Crippen LogP contribution is 2.20. The Morgan fingerprint density at radius 1 is 1.44 bits per heavy atom. The summed E-state index contributed by atoms with van der Waals surface area (Å²) in [7, 11) is 0. The molecule has 3 nitrogen and oxygen atoms in total. The van der Waals surface area contributed by atoms with E-state index >= 15 is 0 Å². The molecular formula is C13H19NO2. The number of carbonyl (C=O) groups is 1. The lowest BCUT2D eigenvalue weighted by molar-refractivity contribution is 0.0972. The molecule has 88 valence electrons. The zero-order chi connectivity index (χ0) is 12.0. The molecule has 0 radical (unpaired) electrons. The van der Waals surface area contributed by atoms with Gasteiger partial charge in [-0.15, -0.1) is 0 Å². The molecule has 0 saturated heterocycles. The highest BCUT2D eigenvalue weighted by Gasteiger charge is 2.13. The second-order valence-corrected chi connectivity index (χ2v) is 3.95. The van der Waals surface area contributed by atoms with E-state index in [2.05, 4.69) is 0 Å². The van der Waals surface area contributed by atoms with Gasteiger partial charge in [-0.1, -0.05) is 19.1 Å². The third kappa shape index (κ3) is 3.66. The number of rotatable bonds is 6. The number of para-hydroxylation sites is 1. The van der Waals surface area contributed by atoms with Crippen LogP contribution in [-0.2, 0) is 0 Å². The van der Waals surface area contributed by atoms with Gasteiger partial charge in [0, 0.05) is 12.5 Å². The average Bonchev–Trinajstić information content (AvgIpc) is 2.25. The van der Waals surface area contributed by atoms with Crippen LogP contribution in [0.1, 0.15) is 37.0 Å². The highest BCUT2D eigenvalue weighted by atomic mass is 16.5. The number of hydrogen-bond donors (Lipinski definition) is 1. The molecule has 1 unspecified atom stereocenters. The van der Waals surface area contributed by atoms with Crippen molar-refractivity contribution in [3.63, 3.8) is 0 Å². The van der Waals surface area contributed by atoms with Crippen molar-refractivity contribution in [2.75, 3.05) is 6.61 Å². The van der Waals surface area contributed by atoms with E-state index in [9.17, 15) is 4.79 Å². The van der Waals surface area contributed by atoms with Crippen molar-refractivity contribution in [3.8, 4) is 5.75 Å². The quantitative estimate of drug-likeness (QED) is 0.750. The molecule has 0 amide bonds. The SMILES string of the molecule is CCCOc1ccccc1C(=O)CC(C)N. The Bertz CT molecular complexity index is 348. The Kier molecular flexibility index (Phi) is 4.99. The Morgan fingerprint density at radius 2 is 2.12 bits per heavy atom. The van der Waals surface area contributed by atoms with Gasteiger partial charge in [0.1, 0.15) is 5.75 Å². The number of benzene rings is 1. The molecule has 0 aliphatic rings. The fourth-order valence-corrected chi connectivity index (χ4v) is 1.44. The van der Waals surface area contributed by atoms with Crippen LogP contribution in [0.4, 0.5) is 0 Å². The first kappa shape index (κ1) is 12.7. The summed E-state index contributed by atoms with van der Waals surface area (Å²) in [4.78, 5) is 11.9. The third-order valence-electron chi connectivity index (χ3n) is 2.16. The van der Waals surface area contributed by atoms with Gasteiger partial charge in [-0.25, -0.2) is 0 Å². The summed E-state index contributed by atoms with van der Waals surface area (Å²) in [5, 5.41) is 0. The molecule has 1 atom stereocenters. The molecule has 1 aromatic carbocycles. The van der Waals surface area contributed by atoms with Gasteiger partial charge >= 0.3 is 0 Å². The van der Waals surface area contributed by atoms with Gasteiger partial charge in [0.25, 0.3) is 0 Å². The molecule has 1 rings (SSSR count). The second-order valence-electron chi connectivity index (χ2n) is 3.95. The molecule has 0 spiro atoms. The molecule has 2 N–H and O–H groups in total. The van der Waals surface area contributed by atoms with E-state index in [1.165, 1.54) is 0 Å². The average molecular weight is 221 g/mol. The molecule has 0 aliphatic carbocycles. The molecule has 0 aromatic heterocycles. The number of carbonyl (C=O) groups excluding carboxylic acids is 1. The fraction of sp³-hybridized carbons (Fsp3) is 0.462. The molecule has 3 heteroatoms. The minimum atomic E-state index is -0.119. The number of ketones is 1. The van der Waals surface area contributed by atoms with Gasteiger partial charge in [-0.05, 0) is 25.5 Å². The predicted molar refractivity (Wildman–Crippen MR) is 64.8 cm³/mol. The van der Waals surface area contributed by atoms with Gasteiger partial charge < -0.3 is 10.5 Å². The summed E-state index contributed by atoms with van der Waals surface area (Å²) in [6.07, 6.45) is 1.28. The van der Waals surface area contributed by atoms with Crippen molar-refractivity contribution in [1.82, 2.24) is 0 Å². The summed E-state index contributed by atoms with van der Waals surface area (Å²) >= 11 is 0. The van der Waals surface area contributed by atoms with Crippen LogP contribution in [0.15, 0.2) is 24.3 Å². The number of ether oxygens (including phenoxy) is 1. The standard InChI is InChI=1S/C13H19NO2/c1-3-8-16-13-7-5-4-6-11(13)12(15)9-10(2)14/h4-7,10H,3,8-9,14H2,1-2H3. The van der Waals surface area contributed by atoms with Crippen LogP contribution in [0.2, 0.25) is 0 Å². The minimum Gasteiger partial charge on any atom is -0.493 e.